The van der Waals surface area contributed by atoms with Gasteiger partial charge in [0.1, 0.15) is 0 Å². The van der Waals surface area contributed by atoms with Crippen LogP contribution in [0.3, 0.4) is 0 Å². The smallest absolute Gasteiger partial charge is 0.404 e. The lowest BCUT2D eigenvalue weighted by atomic mass is 9.62. The highest BCUT2D eigenvalue weighted by atomic mass is 16.4. The summed E-state index contributed by atoms with van der Waals surface area (Å²) in [5.74, 6) is -0.0622. The molecule has 1 saturated carbocycles. The third-order valence-electron chi connectivity index (χ3n) is 3.21. The zero-order chi connectivity index (χ0) is 13.3. The van der Waals surface area contributed by atoms with Crippen molar-refractivity contribution in [3.63, 3.8) is 0 Å². The Kier molecular flexibility index (Phi) is 3.50. The molecule has 0 radical (unpaired) electrons. The topological polar surface area (TPSA) is 86.6 Å². The molecule has 1 aliphatic carbocycles. The Morgan fingerprint density at radius 1 is 1.47 bits per heavy atom. The van der Waals surface area contributed by atoms with Crippen molar-refractivity contribution in [3.05, 3.63) is 11.8 Å². The quantitative estimate of drug-likeness (QED) is 0.510. The highest BCUT2D eigenvalue weighted by molar-refractivity contribution is 6.00. The van der Waals surface area contributed by atoms with Gasteiger partial charge in [-0.2, -0.15) is 0 Å². The van der Waals surface area contributed by atoms with Gasteiger partial charge >= 0.3 is 6.09 Å². The summed E-state index contributed by atoms with van der Waals surface area (Å²) in [6, 6.07) is 0. The van der Waals surface area contributed by atoms with Gasteiger partial charge in [0.2, 0.25) is 0 Å². The fourth-order valence-electron chi connectivity index (χ4n) is 2.70. The van der Waals surface area contributed by atoms with Crippen LogP contribution < -0.4 is 5.32 Å². The second-order valence-electron chi connectivity index (χ2n) is 5.69. The van der Waals surface area contributed by atoms with Crippen molar-refractivity contribution in [1.82, 2.24) is 5.32 Å². The molecule has 0 spiro atoms. The number of aliphatic hydroxyl groups is 1. The van der Waals surface area contributed by atoms with Crippen molar-refractivity contribution in [3.8, 4) is 0 Å². The molecule has 1 amide bonds. The van der Waals surface area contributed by atoms with Gasteiger partial charge in [0.25, 0.3) is 0 Å². The van der Waals surface area contributed by atoms with Crippen LogP contribution in [-0.2, 0) is 4.79 Å². The Morgan fingerprint density at radius 2 is 2.06 bits per heavy atom. The first-order valence-corrected chi connectivity index (χ1v) is 5.55. The number of rotatable bonds is 2. The first-order chi connectivity index (χ1) is 7.70. The van der Waals surface area contributed by atoms with Crippen molar-refractivity contribution in [2.75, 3.05) is 6.54 Å². The molecule has 0 aliphatic heterocycles. The maximum absolute atomic E-state index is 11.9. The highest BCUT2D eigenvalue weighted by Gasteiger charge is 2.44. The number of carbonyl (C=O) groups is 2. The third-order valence-corrected chi connectivity index (χ3v) is 3.21. The summed E-state index contributed by atoms with van der Waals surface area (Å²) in [5.41, 5.74) is -0.539. The molecule has 1 aliphatic rings. The molecule has 0 aromatic heterocycles. The largest absolute Gasteiger partial charge is 0.515 e. The number of aliphatic hydroxyl groups excluding tert-OH is 1. The maximum Gasteiger partial charge on any atom is 0.404 e. The van der Waals surface area contributed by atoms with E-state index in [0.29, 0.717) is 18.4 Å². The summed E-state index contributed by atoms with van der Waals surface area (Å²) in [6.07, 6.45) is 0.764. The molecule has 0 aromatic carbocycles. The Bertz CT molecular complexity index is 373. The van der Waals surface area contributed by atoms with Gasteiger partial charge in [0, 0.05) is 17.5 Å². The second-order valence-corrected chi connectivity index (χ2v) is 5.69. The molecular weight excluding hydrogens is 222 g/mol. The molecule has 0 heterocycles. The second kappa shape index (κ2) is 4.39. The average molecular weight is 241 g/mol. The van der Waals surface area contributed by atoms with Crippen LogP contribution >= 0.6 is 0 Å². The number of amides is 1. The van der Waals surface area contributed by atoms with Crippen LogP contribution in [0.25, 0.3) is 0 Å². The summed E-state index contributed by atoms with van der Waals surface area (Å²) in [6.45, 7) is 5.82. The monoisotopic (exact) mass is 241 g/mol. The van der Waals surface area contributed by atoms with E-state index in [-0.39, 0.29) is 17.7 Å². The van der Waals surface area contributed by atoms with Gasteiger partial charge < -0.3 is 15.5 Å². The van der Waals surface area contributed by atoms with Crippen LogP contribution in [0.5, 0.6) is 0 Å². The third kappa shape index (κ3) is 2.99. The molecule has 3 N–H and O–H groups in total. The van der Waals surface area contributed by atoms with Crippen molar-refractivity contribution in [1.29, 1.82) is 0 Å². The SMILES string of the molecule is CC1(CNC(=O)O)CC(=CO)C(=O)C(C)(C)C1. The molecule has 1 fully saturated rings. The van der Waals surface area contributed by atoms with E-state index in [1.165, 1.54) is 0 Å². The van der Waals surface area contributed by atoms with Crippen LogP contribution in [0.15, 0.2) is 11.8 Å². The fraction of sp³-hybridized carbons (Fsp3) is 0.667. The fourth-order valence-corrected chi connectivity index (χ4v) is 2.70. The van der Waals surface area contributed by atoms with Gasteiger partial charge in [-0.25, -0.2) is 4.79 Å². The van der Waals surface area contributed by atoms with Crippen LogP contribution in [0.1, 0.15) is 33.6 Å². The summed E-state index contributed by atoms with van der Waals surface area (Å²) >= 11 is 0. The first kappa shape index (κ1) is 13.5. The predicted octanol–water partition coefficient (Wildman–Crippen LogP) is 2.09. The van der Waals surface area contributed by atoms with E-state index in [1.54, 1.807) is 0 Å². The van der Waals surface area contributed by atoms with E-state index in [9.17, 15) is 9.59 Å². The Morgan fingerprint density at radius 3 is 2.53 bits per heavy atom. The minimum Gasteiger partial charge on any atom is -0.515 e. The molecule has 0 saturated heterocycles. The lowest BCUT2D eigenvalue weighted by Crippen LogP contribution is -2.45. The number of nitrogens with one attached hydrogen (secondary N) is 1. The minimum atomic E-state index is -1.07. The number of hydrogen-bond acceptors (Lipinski definition) is 3. The summed E-state index contributed by atoms with van der Waals surface area (Å²) in [4.78, 5) is 22.5. The predicted molar refractivity (Wildman–Crippen MR) is 62.9 cm³/mol. The molecule has 5 nitrogen and oxygen atoms in total. The van der Waals surface area contributed by atoms with E-state index < -0.39 is 11.5 Å². The number of carbonyl (C=O) groups excluding carboxylic acids is 1. The molecule has 1 atom stereocenters. The van der Waals surface area contributed by atoms with Gasteiger partial charge in [-0.3, -0.25) is 4.79 Å². The van der Waals surface area contributed by atoms with Crippen LogP contribution in [0, 0.1) is 10.8 Å². The number of carboxylic acid groups (broad SMARTS) is 1. The minimum absolute atomic E-state index is 0.0622. The van der Waals surface area contributed by atoms with E-state index >= 15 is 0 Å². The van der Waals surface area contributed by atoms with Crippen molar-refractivity contribution in [2.24, 2.45) is 10.8 Å². The van der Waals surface area contributed by atoms with Crippen molar-refractivity contribution >= 4 is 11.9 Å². The van der Waals surface area contributed by atoms with E-state index in [4.69, 9.17) is 10.2 Å². The molecule has 1 rings (SSSR count). The number of ketones is 1. The number of hydrogen-bond donors (Lipinski definition) is 3. The zero-order valence-corrected chi connectivity index (χ0v) is 10.4. The Hall–Kier alpha value is -1.52. The van der Waals surface area contributed by atoms with Crippen molar-refractivity contribution < 1.29 is 19.8 Å². The lowest BCUT2D eigenvalue weighted by molar-refractivity contribution is -0.127. The molecule has 17 heavy (non-hydrogen) atoms. The normalized spacial score (nSPS) is 30.3. The molecule has 96 valence electrons. The van der Waals surface area contributed by atoms with E-state index in [1.807, 2.05) is 20.8 Å². The molecule has 0 aromatic rings. The van der Waals surface area contributed by atoms with Gasteiger partial charge in [-0.1, -0.05) is 20.8 Å². The van der Waals surface area contributed by atoms with Crippen LogP contribution in [0.4, 0.5) is 4.79 Å². The number of allylic oxidation sites excluding steroid dienone is 1. The van der Waals surface area contributed by atoms with Gasteiger partial charge in [-0.05, 0) is 18.3 Å². The zero-order valence-electron chi connectivity index (χ0n) is 10.4. The summed E-state index contributed by atoms with van der Waals surface area (Å²) < 4.78 is 0. The van der Waals surface area contributed by atoms with E-state index in [0.717, 1.165) is 6.26 Å². The summed E-state index contributed by atoms with van der Waals surface area (Å²) in [5, 5.41) is 20.1. The first-order valence-electron chi connectivity index (χ1n) is 5.55. The van der Waals surface area contributed by atoms with Gasteiger partial charge in [-0.15, -0.1) is 0 Å². The van der Waals surface area contributed by atoms with Gasteiger partial charge in [0.05, 0.1) is 6.26 Å². The molecular formula is C12H19NO4. The number of Topliss-reactive ketones (excluding diaryl/α,β-unsaturated/α-hetero) is 1. The van der Waals surface area contributed by atoms with Gasteiger partial charge in [0.15, 0.2) is 5.78 Å². The van der Waals surface area contributed by atoms with Crippen LogP contribution in [0.2, 0.25) is 0 Å². The standard InChI is InChI=1S/C12H19NO4/c1-11(2)6-12(3,7-13-10(16)17)4-8(5-14)9(11)15/h5,13-14H,4,6-7H2,1-3H3,(H,16,17). The summed E-state index contributed by atoms with van der Waals surface area (Å²) in [7, 11) is 0. The Balaban J connectivity index is 2.89. The van der Waals surface area contributed by atoms with E-state index in [2.05, 4.69) is 5.32 Å². The highest BCUT2D eigenvalue weighted by Crippen LogP contribution is 2.45. The maximum atomic E-state index is 11.9. The molecule has 1 unspecified atom stereocenters. The Labute approximate surface area is 101 Å². The van der Waals surface area contributed by atoms with Crippen LogP contribution in [-0.4, -0.2) is 28.6 Å². The lowest BCUT2D eigenvalue weighted by Gasteiger charge is -2.42. The molecule has 5 heteroatoms. The van der Waals surface area contributed by atoms with Crippen molar-refractivity contribution in [2.45, 2.75) is 33.6 Å². The average Bonchev–Trinajstić information content (AvgIpc) is 2.20. The molecule has 0 bridgehead atoms.